The van der Waals surface area contributed by atoms with Crippen LogP contribution in [0.25, 0.3) is 0 Å². The number of esters is 2. The van der Waals surface area contributed by atoms with Crippen molar-refractivity contribution in [3.05, 3.63) is 72.9 Å². The first-order chi connectivity index (χ1) is 31.1. The average molecular weight is 896 g/mol. The largest absolute Gasteiger partial charge is 0.544 e. The standard InChI is InChI=1S/C56H97NO7/c1-6-8-10-12-14-16-18-20-22-24-25-26-27-28-29-31-32-34-36-38-40-42-44-46-54(58)63-51-52(50-62-49-48-53(56(60)61)57(3,4)5)64-55(59)47-45-43-41-39-37-35-33-30-23-21-19-17-15-13-11-9-7-2/h8,10,14,16,20-23,33,35,39,41,52-53H,6-7,9,11-13,15,17-19,24-32,34,36-38,40,42-51H2,1-5H3/b10-8+,16-14+,22-20+,23-21+,35-33+,41-39+. The monoisotopic (exact) mass is 896 g/mol. The first-order valence-corrected chi connectivity index (χ1v) is 26.0. The van der Waals surface area contributed by atoms with Crippen molar-refractivity contribution in [2.75, 3.05) is 41.0 Å². The quantitative estimate of drug-likeness (QED) is 0.0259. The molecule has 0 fully saturated rings. The number of quaternary nitrogens is 1. The summed E-state index contributed by atoms with van der Waals surface area (Å²) in [5.41, 5.74) is 0. The van der Waals surface area contributed by atoms with Gasteiger partial charge >= 0.3 is 11.9 Å². The minimum absolute atomic E-state index is 0.0185. The number of carboxylic acid groups (broad SMARTS) is 1. The predicted octanol–water partition coefficient (Wildman–Crippen LogP) is 13.8. The molecule has 2 atom stereocenters. The number of aliphatic carboxylic acids is 1. The fraction of sp³-hybridized carbons (Fsp3) is 0.732. The molecular weight excluding hydrogens is 799 g/mol. The van der Waals surface area contributed by atoms with Crippen LogP contribution in [0.2, 0.25) is 0 Å². The molecule has 0 aromatic rings. The van der Waals surface area contributed by atoms with Crippen LogP contribution in [0.5, 0.6) is 0 Å². The Morgan fingerprint density at radius 3 is 1.34 bits per heavy atom. The van der Waals surface area contributed by atoms with E-state index < -0.39 is 18.1 Å². The van der Waals surface area contributed by atoms with Gasteiger partial charge in [-0.05, 0) is 77.0 Å². The van der Waals surface area contributed by atoms with Crippen LogP contribution in [-0.4, -0.2) is 75.5 Å². The van der Waals surface area contributed by atoms with E-state index in [2.05, 4.69) is 86.8 Å². The number of nitrogens with zero attached hydrogens (tertiary/aromatic N) is 1. The van der Waals surface area contributed by atoms with Gasteiger partial charge < -0.3 is 28.6 Å². The van der Waals surface area contributed by atoms with Gasteiger partial charge in [0.1, 0.15) is 12.6 Å². The molecule has 64 heavy (non-hydrogen) atoms. The van der Waals surface area contributed by atoms with E-state index in [-0.39, 0.29) is 49.1 Å². The summed E-state index contributed by atoms with van der Waals surface area (Å²) in [5.74, 6) is -1.80. The Bertz CT molecular complexity index is 1270. The normalized spacial score (nSPS) is 13.5. The van der Waals surface area contributed by atoms with Gasteiger partial charge in [0.15, 0.2) is 6.10 Å². The Balaban J connectivity index is 4.27. The summed E-state index contributed by atoms with van der Waals surface area (Å²) in [6.45, 7) is 4.50. The highest BCUT2D eigenvalue weighted by Crippen LogP contribution is 2.15. The maximum Gasteiger partial charge on any atom is 0.306 e. The Morgan fingerprint density at radius 2 is 0.891 bits per heavy atom. The number of carboxylic acids is 1. The minimum atomic E-state index is -1.13. The first-order valence-electron chi connectivity index (χ1n) is 26.0. The first kappa shape index (κ1) is 60.8. The van der Waals surface area contributed by atoms with Crippen LogP contribution in [0.15, 0.2) is 72.9 Å². The van der Waals surface area contributed by atoms with Gasteiger partial charge in [-0.25, -0.2) is 0 Å². The molecule has 368 valence electrons. The summed E-state index contributed by atoms with van der Waals surface area (Å²) < 4.78 is 17.2. The predicted molar refractivity (Wildman–Crippen MR) is 268 cm³/mol. The van der Waals surface area contributed by atoms with Crippen molar-refractivity contribution in [2.24, 2.45) is 0 Å². The fourth-order valence-electron chi connectivity index (χ4n) is 7.34. The molecule has 0 aliphatic carbocycles. The van der Waals surface area contributed by atoms with Crippen LogP contribution in [0, 0.1) is 0 Å². The highest BCUT2D eigenvalue weighted by molar-refractivity contribution is 5.70. The third kappa shape index (κ3) is 44.0. The fourth-order valence-corrected chi connectivity index (χ4v) is 7.34. The Morgan fingerprint density at radius 1 is 0.484 bits per heavy atom. The van der Waals surface area contributed by atoms with Crippen LogP contribution < -0.4 is 5.11 Å². The highest BCUT2D eigenvalue weighted by atomic mass is 16.6. The van der Waals surface area contributed by atoms with Crippen molar-refractivity contribution >= 4 is 17.9 Å². The van der Waals surface area contributed by atoms with Crippen molar-refractivity contribution in [3.8, 4) is 0 Å². The number of ether oxygens (including phenoxy) is 3. The summed E-state index contributed by atoms with van der Waals surface area (Å²) >= 11 is 0. The number of unbranched alkanes of at least 4 members (excludes halogenated alkanes) is 20. The number of hydrogen-bond donors (Lipinski definition) is 0. The molecule has 0 spiro atoms. The van der Waals surface area contributed by atoms with E-state index in [1.807, 2.05) is 0 Å². The number of hydrogen-bond acceptors (Lipinski definition) is 7. The zero-order valence-corrected chi connectivity index (χ0v) is 41.9. The SMILES string of the molecule is CC/C=C/C/C=C/C/C=C/CCCCCCCCCCCCCCCC(=O)OCC(COCCC(C(=O)[O-])[N+](C)(C)C)OC(=O)CCC/C=C/C/C=C/C/C=C/CCCCCCCC. The Labute approximate surface area is 393 Å². The van der Waals surface area contributed by atoms with E-state index in [0.717, 1.165) is 57.8 Å². The van der Waals surface area contributed by atoms with E-state index in [1.54, 1.807) is 21.1 Å². The van der Waals surface area contributed by atoms with E-state index in [0.29, 0.717) is 12.8 Å². The third-order valence-electron chi connectivity index (χ3n) is 11.3. The van der Waals surface area contributed by atoms with Crippen LogP contribution in [0.4, 0.5) is 0 Å². The molecule has 0 aliphatic rings. The molecule has 0 aromatic carbocycles. The van der Waals surface area contributed by atoms with Crippen LogP contribution in [-0.2, 0) is 28.6 Å². The van der Waals surface area contributed by atoms with Crippen molar-refractivity contribution in [2.45, 2.75) is 225 Å². The van der Waals surface area contributed by atoms with Gasteiger partial charge in [-0.2, -0.15) is 0 Å². The molecule has 2 unspecified atom stereocenters. The molecule has 0 aliphatic heterocycles. The maximum atomic E-state index is 12.8. The lowest BCUT2D eigenvalue weighted by Gasteiger charge is -2.34. The van der Waals surface area contributed by atoms with Gasteiger partial charge in [0, 0.05) is 19.3 Å². The molecule has 8 nitrogen and oxygen atoms in total. The maximum absolute atomic E-state index is 12.8. The molecule has 0 radical (unpaired) electrons. The number of carbonyl (C=O) groups is 3. The second-order valence-electron chi connectivity index (χ2n) is 18.4. The zero-order valence-electron chi connectivity index (χ0n) is 41.9. The summed E-state index contributed by atoms with van der Waals surface area (Å²) in [7, 11) is 5.40. The summed E-state index contributed by atoms with van der Waals surface area (Å²) in [4.78, 5) is 37.0. The number of rotatable bonds is 46. The topological polar surface area (TPSA) is 102 Å². The molecule has 0 N–H and O–H groups in total. The van der Waals surface area contributed by atoms with Gasteiger partial charge in [-0.3, -0.25) is 9.59 Å². The van der Waals surface area contributed by atoms with E-state index in [1.165, 1.54) is 116 Å². The van der Waals surface area contributed by atoms with Gasteiger partial charge in [-0.1, -0.05) is 189 Å². The average Bonchev–Trinajstić information content (AvgIpc) is 3.26. The van der Waals surface area contributed by atoms with Crippen LogP contribution in [0.1, 0.15) is 213 Å². The van der Waals surface area contributed by atoms with Crippen LogP contribution >= 0.6 is 0 Å². The number of carbonyl (C=O) groups excluding carboxylic acids is 3. The van der Waals surface area contributed by atoms with Crippen molar-refractivity contribution in [3.63, 3.8) is 0 Å². The number of likely N-dealkylation sites (N-methyl/N-ethyl adjacent to an activating group) is 1. The van der Waals surface area contributed by atoms with E-state index in [9.17, 15) is 19.5 Å². The number of allylic oxidation sites excluding steroid dienone is 12. The molecule has 0 bridgehead atoms. The van der Waals surface area contributed by atoms with E-state index in [4.69, 9.17) is 14.2 Å². The molecule has 0 aromatic heterocycles. The Hall–Kier alpha value is -3.23. The lowest BCUT2D eigenvalue weighted by atomic mass is 10.0. The summed E-state index contributed by atoms with van der Waals surface area (Å²) in [6.07, 6.45) is 59.4. The molecule has 8 heteroatoms. The van der Waals surface area contributed by atoms with E-state index >= 15 is 0 Å². The van der Waals surface area contributed by atoms with Gasteiger partial charge in [0.25, 0.3) is 0 Å². The third-order valence-corrected chi connectivity index (χ3v) is 11.3. The second kappa shape index (κ2) is 46.3. The Kier molecular flexibility index (Phi) is 44.0. The summed E-state index contributed by atoms with van der Waals surface area (Å²) in [5, 5.41) is 11.7. The van der Waals surface area contributed by atoms with Crippen molar-refractivity contribution in [1.29, 1.82) is 0 Å². The summed E-state index contributed by atoms with van der Waals surface area (Å²) in [6, 6.07) is -0.737. The lowest BCUT2D eigenvalue weighted by Crippen LogP contribution is -2.55. The molecular formula is C56H97NO7. The molecule has 0 saturated heterocycles. The molecule has 0 heterocycles. The molecule has 0 amide bonds. The van der Waals surface area contributed by atoms with Crippen LogP contribution in [0.3, 0.4) is 0 Å². The lowest BCUT2D eigenvalue weighted by molar-refractivity contribution is -0.889. The van der Waals surface area contributed by atoms with Crippen molar-refractivity contribution in [1.82, 2.24) is 0 Å². The van der Waals surface area contributed by atoms with Crippen molar-refractivity contribution < 1.29 is 38.2 Å². The van der Waals surface area contributed by atoms with Gasteiger partial charge in [0.05, 0.1) is 40.3 Å². The van der Waals surface area contributed by atoms with Gasteiger partial charge in [-0.15, -0.1) is 0 Å². The van der Waals surface area contributed by atoms with Gasteiger partial charge in [0.2, 0.25) is 0 Å². The smallest absolute Gasteiger partial charge is 0.306 e. The zero-order chi connectivity index (χ0) is 47.0. The minimum Gasteiger partial charge on any atom is -0.544 e. The highest BCUT2D eigenvalue weighted by Gasteiger charge is 2.25. The molecule has 0 rings (SSSR count). The molecule has 0 saturated carbocycles. The second-order valence-corrected chi connectivity index (χ2v) is 18.4.